The normalized spacial score (nSPS) is 11.0. The molecular formula is C16H21ClN4O2S2. The van der Waals surface area contributed by atoms with Gasteiger partial charge in [0.2, 0.25) is 0 Å². The zero-order valence-corrected chi connectivity index (χ0v) is 16.7. The number of aromatic nitrogens is 3. The van der Waals surface area contributed by atoms with E-state index in [2.05, 4.69) is 16.9 Å². The molecule has 0 spiro atoms. The zero-order valence-electron chi connectivity index (χ0n) is 14.3. The molecule has 9 heteroatoms. The number of rotatable bonds is 10. The average molecular weight is 401 g/mol. The maximum Gasteiger partial charge on any atom is 0.342 e. The number of nitro groups is 1. The van der Waals surface area contributed by atoms with Crippen LogP contribution in [0.3, 0.4) is 0 Å². The average Bonchev–Trinajstić information content (AvgIpc) is 2.96. The van der Waals surface area contributed by atoms with E-state index in [1.807, 2.05) is 35.8 Å². The molecule has 2 aromatic rings. The molecule has 0 aromatic carbocycles. The molecule has 0 saturated heterocycles. The summed E-state index contributed by atoms with van der Waals surface area (Å²) >= 11 is 9.52. The molecule has 0 aliphatic heterocycles. The summed E-state index contributed by atoms with van der Waals surface area (Å²) in [5, 5.41) is 10.9. The van der Waals surface area contributed by atoms with Crippen molar-refractivity contribution in [3.63, 3.8) is 0 Å². The maximum absolute atomic E-state index is 10.9. The van der Waals surface area contributed by atoms with Gasteiger partial charge < -0.3 is 10.1 Å². The first-order chi connectivity index (χ1) is 12.0. The van der Waals surface area contributed by atoms with Crippen LogP contribution < -0.4 is 0 Å². The quantitative estimate of drug-likeness (QED) is 0.193. The summed E-state index contributed by atoms with van der Waals surface area (Å²) in [6.07, 6.45) is 4.21. The number of thioether (sulfide) groups is 2. The van der Waals surface area contributed by atoms with Crippen molar-refractivity contribution in [3.05, 3.63) is 45.7 Å². The Morgan fingerprint density at radius 2 is 2.08 bits per heavy atom. The van der Waals surface area contributed by atoms with E-state index in [0.29, 0.717) is 18.2 Å². The molecule has 0 radical (unpaired) electrons. The highest BCUT2D eigenvalue weighted by molar-refractivity contribution is 8.00. The Balaban J connectivity index is 1.68. The highest BCUT2D eigenvalue weighted by Crippen LogP contribution is 2.25. The Labute approximate surface area is 160 Å². The second-order valence-electron chi connectivity index (χ2n) is 5.40. The summed E-state index contributed by atoms with van der Waals surface area (Å²) in [5.74, 6) is 4.09. The Morgan fingerprint density at radius 1 is 1.28 bits per heavy atom. The van der Waals surface area contributed by atoms with Gasteiger partial charge in [-0.1, -0.05) is 0 Å². The van der Waals surface area contributed by atoms with Crippen molar-refractivity contribution in [2.75, 3.05) is 17.3 Å². The van der Waals surface area contributed by atoms with Crippen LogP contribution in [-0.4, -0.2) is 36.7 Å². The van der Waals surface area contributed by atoms with Gasteiger partial charge in [0.1, 0.15) is 12.7 Å². The summed E-state index contributed by atoms with van der Waals surface area (Å²) in [6, 6.07) is 2.03. The number of alkyl halides is 1. The third-order valence-corrected chi connectivity index (χ3v) is 6.30. The maximum atomic E-state index is 10.9. The fourth-order valence-corrected chi connectivity index (χ4v) is 4.65. The Bertz CT molecular complexity index is 724. The number of nitrogens with zero attached hydrogens (tertiary/aromatic N) is 4. The minimum absolute atomic E-state index is 0.0666. The van der Waals surface area contributed by atoms with Gasteiger partial charge in [-0.3, -0.25) is 4.98 Å². The number of halogens is 1. The molecule has 0 bridgehead atoms. The van der Waals surface area contributed by atoms with Crippen molar-refractivity contribution in [2.45, 2.75) is 37.6 Å². The Morgan fingerprint density at radius 3 is 2.80 bits per heavy atom. The van der Waals surface area contributed by atoms with Gasteiger partial charge in [0, 0.05) is 23.8 Å². The van der Waals surface area contributed by atoms with Gasteiger partial charge in [-0.15, -0.1) is 23.4 Å². The molecule has 0 saturated carbocycles. The minimum atomic E-state index is -0.381. The second kappa shape index (κ2) is 10.0. The van der Waals surface area contributed by atoms with Gasteiger partial charge in [-0.05, 0) is 41.4 Å². The van der Waals surface area contributed by atoms with Crippen LogP contribution >= 0.6 is 35.1 Å². The monoisotopic (exact) mass is 400 g/mol. The lowest BCUT2D eigenvalue weighted by Gasteiger charge is -2.08. The lowest BCUT2D eigenvalue weighted by Crippen LogP contribution is -2.07. The number of hydrogen-bond donors (Lipinski definition) is 0. The highest BCUT2D eigenvalue weighted by atomic mass is 35.5. The molecule has 0 fully saturated rings. The lowest BCUT2D eigenvalue weighted by atomic mass is 10.2. The van der Waals surface area contributed by atoms with Crippen LogP contribution in [0.15, 0.2) is 23.4 Å². The summed E-state index contributed by atoms with van der Waals surface area (Å²) in [5.41, 5.74) is 2.11. The van der Waals surface area contributed by atoms with Crippen molar-refractivity contribution >= 4 is 40.9 Å². The van der Waals surface area contributed by atoms with E-state index in [4.69, 9.17) is 11.6 Å². The fraction of sp³-hybridized carbons (Fsp3) is 0.500. The minimum Gasteiger partial charge on any atom is -0.358 e. The predicted molar refractivity (Wildman–Crippen MR) is 105 cm³/mol. The molecule has 0 amide bonds. The molecule has 0 aliphatic rings. The lowest BCUT2D eigenvalue weighted by molar-refractivity contribution is -0.392. The third-order valence-electron chi connectivity index (χ3n) is 3.76. The van der Waals surface area contributed by atoms with Crippen LogP contribution in [0.1, 0.15) is 23.5 Å². The first-order valence-electron chi connectivity index (χ1n) is 7.92. The molecule has 2 heterocycles. The van der Waals surface area contributed by atoms with E-state index < -0.39 is 0 Å². The molecule has 2 rings (SSSR count). The third kappa shape index (κ3) is 5.62. The van der Waals surface area contributed by atoms with Crippen LogP contribution in [0.5, 0.6) is 0 Å². The summed E-state index contributed by atoms with van der Waals surface area (Å²) < 4.78 is 1.66. The molecule has 0 N–H and O–H groups in total. The van der Waals surface area contributed by atoms with E-state index in [0.717, 1.165) is 34.9 Å². The van der Waals surface area contributed by atoms with E-state index in [1.54, 1.807) is 11.5 Å². The number of hydrogen-bond acceptors (Lipinski definition) is 6. The molecule has 0 unspecified atom stereocenters. The Hall–Kier alpha value is -1.25. The van der Waals surface area contributed by atoms with E-state index in [1.165, 1.54) is 11.1 Å². The highest BCUT2D eigenvalue weighted by Gasteiger charge is 2.16. The standard InChI is InChI=1S/C16H21ClN4O2S2/c1-12-14(10-17)18-5-4-15(12)25-8-3-7-24-9-6-20-13(2)19-11-16(20)21(22)23/h4-5,11H,3,6-10H2,1-2H3. The van der Waals surface area contributed by atoms with Crippen molar-refractivity contribution in [2.24, 2.45) is 0 Å². The van der Waals surface area contributed by atoms with Gasteiger partial charge in [0.05, 0.1) is 11.6 Å². The van der Waals surface area contributed by atoms with Crippen molar-refractivity contribution in [3.8, 4) is 0 Å². The first kappa shape index (κ1) is 20.1. The molecule has 6 nitrogen and oxygen atoms in total. The number of pyridine rings is 1. The first-order valence-corrected chi connectivity index (χ1v) is 10.6. The summed E-state index contributed by atoms with van der Waals surface area (Å²) in [7, 11) is 0. The largest absolute Gasteiger partial charge is 0.358 e. The van der Waals surface area contributed by atoms with Gasteiger partial charge >= 0.3 is 5.82 Å². The zero-order chi connectivity index (χ0) is 18.2. The van der Waals surface area contributed by atoms with Crippen LogP contribution in [0.25, 0.3) is 0 Å². The van der Waals surface area contributed by atoms with E-state index >= 15 is 0 Å². The van der Waals surface area contributed by atoms with Crippen molar-refractivity contribution < 1.29 is 4.92 Å². The topological polar surface area (TPSA) is 73.8 Å². The van der Waals surface area contributed by atoms with Crippen LogP contribution in [0.4, 0.5) is 5.82 Å². The van der Waals surface area contributed by atoms with Crippen LogP contribution in [0.2, 0.25) is 0 Å². The fourth-order valence-electron chi connectivity index (χ4n) is 2.33. The van der Waals surface area contributed by atoms with E-state index in [-0.39, 0.29) is 10.7 Å². The van der Waals surface area contributed by atoms with Crippen molar-refractivity contribution in [1.29, 1.82) is 0 Å². The number of aryl methyl sites for hydroxylation is 1. The molecule has 136 valence electrons. The van der Waals surface area contributed by atoms with Gasteiger partial charge in [0.25, 0.3) is 0 Å². The molecular weight excluding hydrogens is 380 g/mol. The van der Waals surface area contributed by atoms with Gasteiger partial charge in [-0.25, -0.2) is 9.55 Å². The molecule has 25 heavy (non-hydrogen) atoms. The van der Waals surface area contributed by atoms with Crippen LogP contribution in [-0.2, 0) is 12.4 Å². The smallest absolute Gasteiger partial charge is 0.342 e. The van der Waals surface area contributed by atoms with Crippen LogP contribution in [0, 0.1) is 24.0 Å². The van der Waals surface area contributed by atoms with E-state index in [9.17, 15) is 10.1 Å². The van der Waals surface area contributed by atoms with Gasteiger partial charge in [-0.2, -0.15) is 11.8 Å². The SMILES string of the molecule is Cc1c(SCCCSCCn2c([N+](=O)[O-])cnc2C)ccnc1CCl. The molecule has 0 aliphatic carbocycles. The predicted octanol–water partition coefficient (Wildman–Crippen LogP) is 4.46. The summed E-state index contributed by atoms with van der Waals surface area (Å²) in [4.78, 5) is 20.1. The molecule has 0 atom stereocenters. The van der Waals surface area contributed by atoms with Gasteiger partial charge in [0.15, 0.2) is 5.82 Å². The second-order valence-corrected chi connectivity index (χ2v) is 8.03. The number of imidazole rings is 1. The molecule has 2 aromatic heterocycles. The summed E-state index contributed by atoms with van der Waals surface area (Å²) in [6.45, 7) is 4.46. The van der Waals surface area contributed by atoms with Crippen molar-refractivity contribution in [1.82, 2.24) is 14.5 Å². The Kier molecular flexibility index (Phi) is 8.05.